The van der Waals surface area contributed by atoms with Crippen LogP contribution in [0.4, 0.5) is 0 Å². The van der Waals surface area contributed by atoms with Crippen molar-refractivity contribution in [2.75, 3.05) is 7.11 Å². The van der Waals surface area contributed by atoms with Crippen LogP contribution in [0.5, 0.6) is 5.75 Å². The smallest absolute Gasteiger partial charge is 0.335 e. The molecule has 2 aromatic rings. The van der Waals surface area contributed by atoms with Gasteiger partial charge < -0.3 is 14.3 Å². The molecule has 0 fully saturated rings. The van der Waals surface area contributed by atoms with Crippen LogP contribution in [0.15, 0.2) is 16.5 Å². The number of benzene rings is 1. The summed E-state index contributed by atoms with van der Waals surface area (Å²) in [6, 6.07) is 2.87. The molecule has 17 heavy (non-hydrogen) atoms. The summed E-state index contributed by atoms with van der Waals surface area (Å²) in [5, 5.41) is 8.86. The van der Waals surface area contributed by atoms with E-state index in [0.29, 0.717) is 22.7 Å². The Morgan fingerprint density at radius 2 is 2.06 bits per heavy atom. The second kappa shape index (κ2) is 5.34. The molecule has 0 radical (unpaired) electrons. The van der Waals surface area contributed by atoms with Gasteiger partial charge in [0.15, 0.2) is 17.2 Å². The number of methoxy groups -OCH3 is 1. The van der Waals surface area contributed by atoms with E-state index in [1.165, 1.54) is 19.2 Å². The van der Waals surface area contributed by atoms with Crippen molar-refractivity contribution in [3.63, 3.8) is 0 Å². The number of hydrogen-bond acceptors (Lipinski definition) is 4. The van der Waals surface area contributed by atoms with Gasteiger partial charge in [0.25, 0.3) is 0 Å². The summed E-state index contributed by atoms with van der Waals surface area (Å²) in [4.78, 5) is 14.9. The minimum atomic E-state index is -1.02. The molecule has 0 saturated carbocycles. The van der Waals surface area contributed by atoms with Crippen LogP contribution in [0.3, 0.4) is 0 Å². The largest absolute Gasteiger partial charge is 0.493 e. The SMILES string of the molecule is CC.COc1cc(C(=O)O)cc2nc(C)oc12. The van der Waals surface area contributed by atoms with Gasteiger partial charge in [0.1, 0.15) is 5.52 Å². The predicted molar refractivity (Wildman–Crippen MR) is 63.6 cm³/mol. The maximum Gasteiger partial charge on any atom is 0.335 e. The third kappa shape index (κ3) is 2.55. The van der Waals surface area contributed by atoms with Gasteiger partial charge in [-0.1, -0.05) is 13.8 Å². The first-order chi connectivity index (χ1) is 8.11. The Labute approximate surface area is 99.0 Å². The highest BCUT2D eigenvalue weighted by Gasteiger charge is 2.13. The van der Waals surface area contributed by atoms with Crippen molar-refractivity contribution >= 4 is 17.1 Å². The number of rotatable bonds is 2. The van der Waals surface area contributed by atoms with E-state index in [1.54, 1.807) is 6.92 Å². The zero-order valence-electron chi connectivity index (χ0n) is 10.3. The fourth-order valence-corrected chi connectivity index (χ4v) is 1.39. The Morgan fingerprint density at radius 3 is 2.59 bits per heavy atom. The third-order valence-electron chi connectivity index (χ3n) is 2.03. The van der Waals surface area contributed by atoms with Gasteiger partial charge in [0.05, 0.1) is 12.7 Å². The molecule has 5 nitrogen and oxygen atoms in total. The predicted octanol–water partition coefficient (Wildman–Crippen LogP) is 2.87. The minimum absolute atomic E-state index is 0.132. The molecule has 1 heterocycles. The molecule has 0 atom stereocenters. The molecule has 92 valence electrons. The van der Waals surface area contributed by atoms with Crippen molar-refractivity contribution in [3.8, 4) is 5.75 Å². The van der Waals surface area contributed by atoms with Crippen LogP contribution in [0.1, 0.15) is 30.1 Å². The number of carboxylic acids is 1. The third-order valence-corrected chi connectivity index (χ3v) is 2.03. The van der Waals surface area contributed by atoms with Gasteiger partial charge in [0.2, 0.25) is 0 Å². The van der Waals surface area contributed by atoms with Crippen molar-refractivity contribution < 1.29 is 19.1 Å². The summed E-state index contributed by atoms with van der Waals surface area (Å²) in [6.07, 6.45) is 0. The van der Waals surface area contributed by atoms with E-state index < -0.39 is 5.97 Å². The minimum Gasteiger partial charge on any atom is -0.493 e. The average Bonchev–Trinajstić information content (AvgIpc) is 2.70. The number of fused-ring (bicyclic) bond motifs is 1. The van der Waals surface area contributed by atoms with Crippen molar-refractivity contribution in [1.29, 1.82) is 0 Å². The maximum absolute atomic E-state index is 10.8. The second-order valence-corrected chi connectivity index (χ2v) is 3.06. The monoisotopic (exact) mass is 237 g/mol. The van der Waals surface area contributed by atoms with Crippen LogP contribution in [0.25, 0.3) is 11.1 Å². The summed E-state index contributed by atoms with van der Waals surface area (Å²) >= 11 is 0. The molecule has 0 spiro atoms. The Balaban J connectivity index is 0.000000686. The number of aryl methyl sites for hydroxylation is 1. The van der Waals surface area contributed by atoms with E-state index in [4.69, 9.17) is 14.3 Å². The quantitative estimate of drug-likeness (QED) is 0.869. The molecule has 0 saturated heterocycles. The molecular formula is C12H15NO4. The highest BCUT2D eigenvalue weighted by molar-refractivity contribution is 5.94. The van der Waals surface area contributed by atoms with Crippen molar-refractivity contribution in [3.05, 3.63) is 23.6 Å². The van der Waals surface area contributed by atoms with E-state index in [2.05, 4.69) is 4.98 Å². The van der Waals surface area contributed by atoms with Gasteiger partial charge in [-0.05, 0) is 12.1 Å². The Morgan fingerprint density at radius 1 is 1.41 bits per heavy atom. The number of ether oxygens (including phenoxy) is 1. The molecule has 0 aliphatic heterocycles. The summed E-state index contributed by atoms with van der Waals surface area (Å²) in [5.41, 5.74) is 1.09. The Bertz CT molecular complexity index is 531. The van der Waals surface area contributed by atoms with E-state index in [-0.39, 0.29) is 5.56 Å². The van der Waals surface area contributed by atoms with Gasteiger partial charge in [0, 0.05) is 6.92 Å². The summed E-state index contributed by atoms with van der Waals surface area (Å²) in [5.74, 6) is -0.160. The first-order valence-corrected chi connectivity index (χ1v) is 5.30. The lowest BCUT2D eigenvalue weighted by Crippen LogP contribution is -1.97. The molecule has 1 aromatic carbocycles. The summed E-state index contributed by atoms with van der Waals surface area (Å²) in [6.45, 7) is 5.69. The second-order valence-electron chi connectivity index (χ2n) is 3.06. The van der Waals surface area contributed by atoms with Crippen LogP contribution >= 0.6 is 0 Å². The molecule has 1 N–H and O–H groups in total. The number of aromatic carboxylic acids is 1. The normalized spacial score (nSPS) is 9.65. The fraction of sp³-hybridized carbons (Fsp3) is 0.333. The molecule has 5 heteroatoms. The first kappa shape index (κ1) is 13.0. The summed E-state index contributed by atoms with van der Waals surface area (Å²) in [7, 11) is 1.46. The molecule has 0 aliphatic rings. The molecular weight excluding hydrogens is 222 g/mol. The van der Waals surface area contributed by atoms with Gasteiger partial charge in [-0.3, -0.25) is 0 Å². The van der Waals surface area contributed by atoms with E-state index in [9.17, 15) is 4.79 Å². The summed E-state index contributed by atoms with van der Waals surface area (Å²) < 4.78 is 10.3. The van der Waals surface area contributed by atoms with Crippen molar-refractivity contribution in [2.45, 2.75) is 20.8 Å². The van der Waals surface area contributed by atoms with Crippen LogP contribution in [0, 0.1) is 6.92 Å². The lowest BCUT2D eigenvalue weighted by atomic mass is 10.2. The van der Waals surface area contributed by atoms with Gasteiger partial charge in [-0.25, -0.2) is 9.78 Å². The van der Waals surface area contributed by atoms with Crippen molar-refractivity contribution in [2.24, 2.45) is 0 Å². The highest BCUT2D eigenvalue weighted by Crippen LogP contribution is 2.27. The Hall–Kier alpha value is -2.04. The van der Waals surface area contributed by atoms with E-state index >= 15 is 0 Å². The van der Waals surface area contributed by atoms with E-state index in [1.807, 2.05) is 13.8 Å². The fourth-order valence-electron chi connectivity index (χ4n) is 1.39. The number of hydrogen-bond donors (Lipinski definition) is 1. The number of carboxylic acid groups (broad SMARTS) is 1. The topological polar surface area (TPSA) is 72.6 Å². The number of oxazole rings is 1. The standard InChI is InChI=1S/C10H9NO4.C2H6/c1-5-11-7-3-6(10(12)13)4-8(14-2)9(7)15-5;1-2/h3-4H,1-2H3,(H,12,13);1-2H3. The lowest BCUT2D eigenvalue weighted by Gasteiger charge is -2.01. The highest BCUT2D eigenvalue weighted by atomic mass is 16.5. The first-order valence-electron chi connectivity index (χ1n) is 5.30. The van der Waals surface area contributed by atoms with Gasteiger partial charge >= 0.3 is 5.97 Å². The van der Waals surface area contributed by atoms with Gasteiger partial charge in [-0.2, -0.15) is 0 Å². The zero-order chi connectivity index (χ0) is 13.0. The lowest BCUT2D eigenvalue weighted by molar-refractivity contribution is 0.0696. The molecule has 2 rings (SSSR count). The molecule has 1 aromatic heterocycles. The average molecular weight is 237 g/mol. The number of nitrogens with zero attached hydrogens (tertiary/aromatic N) is 1. The van der Waals surface area contributed by atoms with Crippen LogP contribution in [-0.4, -0.2) is 23.2 Å². The molecule has 0 bridgehead atoms. The van der Waals surface area contributed by atoms with Crippen LogP contribution in [0.2, 0.25) is 0 Å². The maximum atomic E-state index is 10.8. The Kier molecular flexibility index (Phi) is 4.09. The van der Waals surface area contributed by atoms with Crippen LogP contribution in [-0.2, 0) is 0 Å². The van der Waals surface area contributed by atoms with Crippen LogP contribution < -0.4 is 4.74 Å². The molecule has 0 aliphatic carbocycles. The number of aromatic nitrogens is 1. The van der Waals surface area contributed by atoms with Gasteiger partial charge in [-0.15, -0.1) is 0 Å². The molecule has 0 amide bonds. The zero-order valence-corrected chi connectivity index (χ0v) is 10.3. The molecule has 0 unspecified atom stereocenters. The van der Waals surface area contributed by atoms with Crippen molar-refractivity contribution in [1.82, 2.24) is 4.98 Å². The number of carbonyl (C=O) groups is 1. The van der Waals surface area contributed by atoms with E-state index in [0.717, 1.165) is 0 Å².